The fraction of sp³-hybridized carbons (Fsp3) is 0.640. The number of nitrogens with zero attached hydrogens (tertiary/aromatic N) is 1. The quantitative estimate of drug-likeness (QED) is 0.136. The predicted molar refractivity (Wildman–Crippen MR) is 142 cm³/mol. The minimum atomic E-state index is -0.608. The van der Waals surface area contributed by atoms with E-state index < -0.39 is 5.54 Å². The molecule has 9 nitrogen and oxygen atoms in total. The maximum Gasteiger partial charge on any atom is 0.253 e. The molecule has 3 aliphatic heterocycles. The van der Waals surface area contributed by atoms with Crippen LogP contribution >= 0.6 is 11.8 Å². The average Bonchev–Trinajstić information content (AvgIpc) is 3.19. The number of nitrogens with two attached hydrogens (primary N) is 2. The summed E-state index contributed by atoms with van der Waals surface area (Å²) < 4.78 is 6.22. The molecule has 1 fully saturated rings. The van der Waals surface area contributed by atoms with Crippen LogP contribution in [0.5, 0.6) is 5.75 Å². The molecule has 1 amide bonds. The monoisotopic (exact) mass is 503 g/mol. The Balaban J connectivity index is 1.46. The Labute approximate surface area is 213 Å². The van der Waals surface area contributed by atoms with E-state index in [0.717, 1.165) is 43.7 Å². The van der Waals surface area contributed by atoms with Gasteiger partial charge in [-0.1, -0.05) is 6.07 Å². The molecule has 3 aliphatic rings. The molecule has 2 atom stereocenters. The lowest BCUT2D eigenvalue weighted by molar-refractivity contribution is -0.132. The Bertz CT molecular complexity index is 944. The van der Waals surface area contributed by atoms with Crippen LogP contribution in [0, 0.1) is 0 Å². The van der Waals surface area contributed by atoms with Crippen LogP contribution in [0.3, 0.4) is 0 Å². The third-order valence-electron chi connectivity index (χ3n) is 7.29. The van der Waals surface area contributed by atoms with Gasteiger partial charge in [-0.3, -0.25) is 25.8 Å². The summed E-state index contributed by atoms with van der Waals surface area (Å²) in [5.41, 5.74) is 11.1. The van der Waals surface area contributed by atoms with Crippen molar-refractivity contribution in [3.8, 4) is 5.75 Å². The number of carbonyl (C=O) groups excluding carboxylic acids is 1. The second kappa shape index (κ2) is 11.1. The van der Waals surface area contributed by atoms with Gasteiger partial charge >= 0.3 is 0 Å². The highest BCUT2D eigenvalue weighted by atomic mass is 32.2. The number of piperidine rings is 1. The van der Waals surface area contributed by atoms with Gasteiger partial charge < -0.3 is 15.8 Å². The third-order valence-corrected chi connectivity index (χ3v) is 8.63. The van der Waals surface area contributed by atoms with Gasteiger partial charge in [0, 0.05) is 29.6 Å². The van der Waals surface area contributed by atoms with Crippen molar-refractivity contribution in [3.63, 3.8) is 0 Å². The third kappa shape index (κ3) is 5.63. The first kappa shape index (κ1) is 26.2. The Morgan fingerprint density at radius 1 is 1.31 bits per heavy atom. The highest BCUT2D eigenvalue weighted by Crippen LogP contribution is 2.44. The molecule has 1 aromatic carbocycles. The Hall–Kier alpha value is -1.82. The van der Waals surface area contributed by atoms with Gasteiger partial charge in [-0.25, -0.2) is 5.84 Å². The molecule has 10 heteroatoms. The molecule has 0 saturated carbocycles. The number of hydrogen-bond acceptors (Lipinski definition) is 9. The van der Waals surface area contributed by atoms with Gasteiger partial charge in [-0.05, 0) is 77.2 Å². The number of hydrogen-bond donors (Lipinski definition) is 6. The summed E-state index contributed by atoms with van der Waals surface area (Å²) in [6.07, 6.45) is 2.95. The molecule has 0 aliphatic carbocycles. The van der Waals surface area contributed by atoms with Crippen LogP contribution in [0.1, 0.15) is 64.0 Å². The largest absolute Gasteiger partial charge is 0.493 e. The SMILES string of the molecule is CC(C)NC(NCN)C1NC2=C(CCOc3cc(C4CCN(C(C)(C)C(=O)NN)CC4)ccc32)S1. The van der Waals surface area contributed by atoms with E-state index >= 15 is 0 Å². The predicted octanol–water partition coefficient (Wildman–Crippen LogP) is 1.58. The Kier molecular flexibility index (Phi) is 8.30. The van der Waals surface area contributed by atoms with Crippen LogP contribution in [0.15, 0.2) is 23.1 Å². The van der Waals surface area contributed by atoms with Crippen molar-refractivity contribution in [1.29, 1.82) is 0 Å². The van der Waals surface area contributed by atoms with E-state index in [2.05, 4.69) is 58.3 Å². The summed E-state index contributed by atoms with van der Waals surface area (Å²) in [5.74, 6) is 6.64. The number of nitrogens with one attached hydrogen (secondary N) is 4. The van der Waals surface area contributed by atoms with Crippen molar-refractivity contribution in [1.82, 2.24) is 26.3 Å². The summed E-state index contributed by atoms with van der Waals surface area (Å²) in [6, 6.07) is 7.03. The highest BCUT2D eigenvalue weighted by molar-refractivity contribution is 8.04. The van der Waals surface area contributed by atoms with E-state index in [1.165, 1.54) is 16.2 Å². The van der Waals surface area contributed by atoms with Gasteiger partial charge in [-0.2, -0.15) is 0 Å². The van der Waals surface area contributed by atoms with Crippen LogP contribution < -0.4 is 37.7 Å². The minimum Gasteiger partial charge on any atom is -0.493 e. The maximum absolute atomic E-state index is 12.2. The van der Waals surface area contributed by atoms with E-state index in [9.17, 15) is 4.79 Å². The molecule has 0 radical (unpaired) electrons. The van der Waals surface area contributed by atoms with Crippen LogP contribution in [0.25, 0.3) is 5.70 Å². The highest BCUT2D eigenvalue weighted by Gasteiger charge is 2.37. The van der Waals surface area contributed by atoms with Crippen molar-refractivity contribution in [2.45, 2.75) is 76.0 Å². The second-order valence-corrected chi connectivity index (χ2v) is 11.6. The molecule has 1 saturated heterocycles. The molecule has 1 aromatic rings. The minimum absolute atomic E-state index is 0.0661. The number of thioether (sulfide) groups is 1. The molecule has 194 valence electrons. The van der Waals surface area contributed by atoms with Crippen LogP contribution in [0.2, 0.25) is 0 Å². The smallest absolute Gasteiger partial charge is 0.253 e. The van der Waals surface area contributed by atoms with Crippen molar-refractivity contribution in [3.05, 3.63) is 34.2 Å². The maximum atomic E-state index is 12.2. The van der Waals surface area contributed by atoms with Crippen molar-refractivity contribution < 1.29 is 9.53 Å². The number of hydrazine groups is 1. The van der Waals surface area contributed by atoms with Gasteiger partial charge in [0.2, 0.25) is 0 Å². The van der Waals surface area contributed by atoms with Crippen LogP contribution in [-0.2, 0) is 4.79 Å². The van der Waals surface area contributed by atoms with E-state index in [-0.39, 0.29) is 17.4 Å². The first-order chi connectivity index (χ1) is 16.7. The van der Waals surface area contributed by atoms with Crippen molar-refractivity contribution in [2.75, 3.05) is 26.4 Å². The second-order valence-electron chi connectivity index (χ2n) is 10.3. The van der Waals surface area contributed by atoms with Crippen LogP contribution in [-0.4, -0.2) is 60.3 Å². The normalized spacial score (nSPS) is 22.2. The molecule has 35 heavy (non-hydrogen) atoms. The molecule has 8 N–H and O–H groups in total. The number of rotatable bonds is 8. The first-order valence-corrected chi connectivity index (χ1v) is 13.5. The Morgan fingerprint density at radius 3 is 2.71 bits per heavy atom. The van der Waals surface area contributed by atoms with Gasteiger partial charge in [0.05, 0.1) is 24.0 Å². The van der Waals surface area contributed by atoms with E-state index in [0.29, 0.717) is 25.2 Å². The zero-order chi connectivity index (χ0) is 25.2. The lowest BCUT2D eigenvalue weighted by atomic mass is 9.86. The fourth-order valence-electron chi connectivity index (χ4n) is 5.23. The number of fused-ring (bicyclic) bond motifs is 2. The number of likely N-dealkylation sites (tertiary alicyclic amines) is 1. The molecular formula is C25H41N7O2S. The summed E-state index contributed by atoms with van der Waals surface area (Å²) >= 11 is 1.86. The molecule has 2 unspecified atom stereocenters. The summed E-state index contributed by atoms with van der Waals surface area (Å²) in [7, 11) is 0. The molecule has 0 aromatic heterocycles. The number of ether oxygens (including phenoxy) is 1. The zero-order valence-corrected chi connectivity index (χ0v) is 22.1. The first-order valence-electron chi connectivity index (χ1n) is 12.6. The molecular weight excluding hydrogens is 462 g/mol. The fourth-order valence-corrected chi connectivity index (χ4v) is 6.51. The molecule has 4 rings (SSSR count). The number of carbonyl (C=O) groups is 1. The number of amides is 1. The Morgan fingerprint density at radius 2 is 2.06 bits per heavy atom. The van der Waals surface area contributed by atoms with Gasteiger partial charge in [-0.15, -0.1) is 11.8 Å². The van der Waals surface area contributed by atoms with Gasteiger partial charge in [0.15, 0.2) is 0 Å². The molecule has 0 spiro atoms. The number of benzene rings is 1. The average molecular weight is 504 g/mol. The van der Waals surface area contributed by atoms with Crippen molar-refractivity contribution >= 4 is 23.4 Å². The summed E-state index contributed by atoms with van der Waals surface area (Å²) in [6.45, 7) is 11.0. The van der Waals surface area contributed by atoms with E-state index in [1.54, 1.807) is 0 Å². The molecule has 3 heterocycles. The van der Waals surface area contributed by atoms with Crippen LogP contribution in [0.4, 0.5) is 0 Å². The molecule has 0 bridgehead atoms. The standard InChI is InChI=1S/C25H41N7O2S/c1-15(2)29-22(28-14-26)23-30-21-18-6-5-17(13-19(18)34-12-9-20(21)35-23)16-7-10-32(11-8-16)25(3,4)24(33)31-27/h5-6,13,15-16,22-23,28-30H,7-12,14,26-27H2,1-4H3,(H,31,33). The lowest BCUT2D eigenvalue weighted by Crippen LogP contribution is -2.58. The van der Waals surface area contributed by atoms with Gasteiger partial charge in [0.1, 0.15) is 11.1 Å². The van der Waals surface area contributed by atoms with E-state index in [1.807, 2.05) is 25.6 Å². The topological polar surface area (TPSA) is 130 Å². The summed E-state index contributed by atoms with van der Waals surface area (Å²) in [4.78, 5) is 15.8. The lowest BCUT2D eigenvalue weighted by Gasteiger charge is -2.41. The van der Waals surface area contributed by atoms with E-state index in [4.69, 9.17) is 16.3 Å². The van der Waals surface area contributed by atoms with Crippen molar-refractivity contribution in [2.24, 2.45) is 11.6 Å². The summed E-state index contributed by atoms with van der Waals surface area (Å²) in [5, 5.41) is 10.9. The van der Waals surface area contributed by atoms with Gasteiger partial charge in [0.25, 0.3) is 5.91 Å². The zero-order valence-electron chi connectivity index (χ0n) is 21.3.